The third kappa shape index (κ3) is 4.28. The van der Waals surface area contributed by atoms with Crippen molar-refractivity contribution in [3.8, 4) is 17.2 Å². The highest BCUT2D eigenvalue weighted by Gasteiger charge is 2.22. The van der Waals surface area contributed by atoms with E-state index in [1.165, 1.54) is 26.2 Å². The maximum Gasteiger partial charge on any atom is 0.341 e. The molecule has 27 heavy (non-hydrogen) atoms. The number of fused-ring (bicyclic) bond motifs is 1. The van der Waals surface area contributed by atoms with Gasteiger partial charge in [-0.05, 0) is 31.2 Å². The zero-order chi connectivity index (χ0) is 19.4. The lowest BCUT2D eigenvalue weighted by atomic mass is 10.2. The summed E-state index contributed by atoms with van der Waals surface area (Å²) in [6.45, 7) is 2.28. The van der Waals surface area contributed by atoms with Crippen LogP contribution in [0.5, 0.6) is 17.2 Å². The Balaban J connectivity index is 1.63. The molecular formula is C19H18FNO6. The van der Waals surface area contributed by atoms with Crippen LogP contribution in [-0.2, 0) is 9.53 Å². The van der Waals surface area contributed by atoms with Crippen molar-refractivity contribution in [3.05, 3.63) is 47.8 Å². The molecule has 142 valence electrons. The summed E-state index contributed by atoms with van der Waals surface area (Å²) in [5.74, 6) is -0.918. The summed E-state index contributed by atoms with van der Waals surface area (Å²) in [6, 6.07) is 8.67. The van der Waals surface area contributed by atoms with E-state index in [4.69, 9.17) is 18.9 Å². The van der Waals surface area contributed by atoms with Crippen molar-refractivity contribution in [1.82, 2.24) is 0 Å². The van der Waals surface area contributed by atoms with E-state index < -0.39 is 23.8 Å². The van der Waals surface area contributed by atoms with Crippen molar-refractivity contribution in [1.29, 1.82) is 0 Å². The fourth-order valence-electron chi connectivity index (χ4n) is 2.43. The Hall–Kier alpha value is -3.29. The van der Waals surface area contributed by atoms with Gasteiger partial charge >= 0.3 is 5.97 Å². The number of halogens is 1. The molecule has 3 rings (SSSR count). The number of carbonyl (C=O) groups is 2. The smallest absolute Gasteiger partial charge is 0.341 e. The van der Waals surface area contributed by atoms with E-state index in [0.717, 1.165) is 6.07 Å². The van der Waals surface area contributed by atoms with Crippen LogP contribution in [0.25, 0.3) is 0 Å². The second kappa shape index (κ2) is 7.94. The monoisotopic (exact) mass is 375 g/mol. The summed E-state index contributed by atoms with van der Waals surface area (Å²) >= 11 is 0. The predicted molar refractivity (Wildman–Crippen MR) is 93.9 cm³/mol. The molecule has 1 heterocycles. The lowest BCUT2D eigenvalue weighted by Crippen LogP contribution is -2.30. The Bertz CT molecular complexity index is 869. The van der Waals surface area contributed by atoms with Gasteiger partial charge in [0.25, 0.3) is 5.91 Å². The lowest BCUT2D eigenvalue weighted by Gasteiger charge is -2.19. The Morgan fingerprint density at radius 3 is 2.56 bits per heavy atom. The normalized spacial score (nSPS) is 13.4. The first-order valence-electron chi connectivity index (χ1n) is 8.23. The molecule has 2 aromatic carbocycles. The number of anilines is 1. The number of ether oxygens (including phenoxy) is 4. The number of amides is 1. The largest absolute Gasteiger partial charge is 0.497 e. The predicted octanol–water partition coefficient (Wildman–Crippen LogP) is 2.79. The summed E-state index contributed by atoms with van der Waals surface area (Å²) in [4.78, 5) is 24.4. The van der Waals surface area contributed by atoms with Gasteiger partial charge in [-0.25, -0.2) is 9.18 Å². The molecule has 1 N–H and O–H groups in total. The highest BCUT2D eigenvalue weighted by Crippen LogP contribution is 2.32. The number of nitrogens with one attached hydrogen (secondary N) is 1. The van der Waals surface area contributed by atoms with Crippen LogP contribution in [0.3, 0.4) is 0 Å². The number of benzene rings is 2. The zero-order valence-corrected chi connectivity index (χ0v) is 14.8. The minimum absolute atomic E-state index is 0.272. The molecule has 0 fully saturated rings. The van der Waals surface area contributed by atoms with Gasteiger partial charge in [-0.15, -0.1) is 0 Å². The molecule has 1 aliphatic heterocycles. The summed E-state index contributed by atoms with van der Waals surface area (Å²) in [7, 11) is 1.39. The number of esters is 1. The molecule has 0 saturated carbocycles. The van der Waals surface area contributed by atoms with E-state index in [0.29, 0.717) is 30.4 Å². The zero-order valence-electron chi connectivity index (χ0n) is 14.8. The Labute approximate surface area is 155 Å². The van der Waals surface area contributed by atoms with Gasteiger partial charge in [0.15, 0.2) is 17.6 Å². The van der Waals surface area contributed by atoms with Crippen molar-refractivity contribution in [2.45, 2.75) is 13.0 Å². The quantitative estimate of drug-likeness (QED) is 0.809. The molecule has 0 unspecified atom stereocenters. The number of carbonyl (C=O) groups excluding carboxylic acids is 2. The van der Waals surface area contributed by atoms with Crippen LogP contribution < -0.4 is 19.5 Å². The van der Waals surface area contributed by atoms with Crippen LogP contribution in [0.4, 0.5) is 10.1 Å². The number of rotatable bonds is 5. The van der Waals surface area contributed by atoms with Gasteiger partial charge in [0.05, 0.1) is 12.7 Å². The second-order valence-electron chi connectivity index (χ2n) is 5.74. The molecule has 7 nitrogen and oxygen atoms in total. The molecular weight excluding hydrogens is 357 g/mol. The molecule has 0 aliphatic carbocycles. The fraction of sp³-hybridized carbons (Fsp3) is 0.263. The maximum atomic E-state index is 13.9. The van der Waals surface area contributed by atoms with E-state index in [1.807, 2.05) is 0 Å². The first kappa shape index (κ1) is 18.5. The third-order valence-electron chi connectivity index (χ3n) is 3.86. The number of hydrogen-bond donors (Lipinski definition) is 1. The van der Waals surface area contributed by atoms with Crippen molar-refractivity contribution in [2.75, 3.05) is 25.6 Å². The average Bonchev–Trinajstić information content (AvgIpc) is 2.67. The van der Waals surface area contributed by atoms with Crippen molar-refractivity contribution < 1.29 is 32.9 Å². The maximum absolute atomic E-state index is 13.9. The first-order valence-corrected chi connectivity index (χ1v) is 8.23. The third-order valence-corrected chi connectivity index (χ3v) is 3.86. The highest BCUT2D eigenvalue weighted by molar-refractivity contribution is 5.97. The van der Waals surface area contributed by atoms with Crippen LogP contribution in [0.1, 0.15) is 17.3 Å². The number of methoxy groups -OCH3 is 1. The second-order valence-corrected chi connectivity index (χ2v) is 5.74. The molecule has 1 atom stereocenters. The van der Waals surface area contributed by atoms with Crippen molar-refractivity contribution in [3.63, 3.8) is 0 Å². The van der Waals surface area contributed by atoms with Crippen LogP contribution in [0.2, 0.25) is 0 Å². The molecule has 1 aliphatic rings. The van der Waals surface area contributed by atoms with Gasteiger partial charge in [-0.3, -0.25) is 4.79 Å². The Morgan fingerprint density at radius 1 is 1.11 bits per heavy atom. The fourth-order valence-corrected chi connectivity index (χ4v) is 2.43. The van der Waals surface area contributed by atoms with Gasteiger partial charge in [-0.2, -0.15) is 0 Å². The molecule has 0 radical (unpaired) electrons. The van der Waals surface area contributed by atoms with E-state index >= 15 is 0 Å². The van der Waals surface area contributed by atoms with Crippen LogP contribution in [-0.4, -0.2) is 38.3 Å². The molecule has 0 spiro atoms. The van der Waals surface area contributed by atoms with Gasteiger partial charge in [0.1, 0.15) is 24.8 Å². The molecule has 0 bridgehead atoms. The van der Waals surface area contributed by atoms with Gasteiger partial charge in [0.2, 0.25) is 0 Å². The molecule has 0 saturated heterocycles. The van der Waals surface area contributed by atoms with E-state index in [9.17, 15) is 14.0 Å². The summed E-state index contributed by atoms with van der Waals surface area (Å²) < 4.78 is 34.7. The van der Waals surface area contributed by atoms with Crippen LogP contribution >= 0.6 is 0 Å². The van der Waals surface area contributed by atoms with Gasteiger partial charge in [-0.1, -0.05) is 0 Å². The minimum atomic E-state index is -1.13. The van der Waals surface area contributed by atoms with Crippen LogP contribution in [0, 0.1) is 5.82 Å². The molecule has 0 aromatic heterocycles. The van der Waals surface area contributed by atoms with E-state index in [-0.39, 0.29) is 11.3 Å². The topological polar surface area (TPSA) is 83.1 Å². The first-order chi connectivity index (χ1) is 13.0. The molecule has 2 aromatic rings. The molecule has 1 amide bonds. The lowest BCUT2D eigenvalue weighted by molar-refractivity contribution is -0.123. The SMILES string of the molecule is COc1ccc(C(=O)O[C@H](C)C(=O)Nc2ccc3c(c2)OCCO3)c(F)c1. The highest BCUT2D eigenvalue weighted by atomic mass is 19.1. The van der Waals surface area contributed by atoms with Crippen molar-refractivity contribution >= 4 is 17.6 Å². The van der Waals surface area contributed by atoms with Crippen LogP contribution in [0.15, 0.2) is 36.4 Å². The summed E-state index contributed by atoms with van der Waals surface area (Å²) in [5.41, 5.74) is 0.178. The van der Waals surface area contributed by atoms with E-state index in [1.54, 1.807) is 18.2 Å². The van der Waals surface area contributed by atoms with Gasteiger partial charge < -0.3 is 24.3 Å². The van der Waals surface area contributed by atoms with E-state index in [2.05, 4.69) is 5.32 Å². The minimum Gasteiger partial charge on any atom is -0.497 e. The standard InChI is InChI=1S/C19H18FNO6/c1-11(27-19(23)14-5-4-13(24-2)10-15(14)20)18(22)21-12-3-6-16-17(9-12)26-8-7-25-16/h3-6,9-11H,7-8H2,1-2H3,(H,21,22)/t11-/m1/s1. The average molecular weight is 375 g/mol. The molecule has 8 heteroatoms. The summed E-state index contributed by atoms with van der Waals surface area (Å²) in [5, 5.41) is 2.62. The Morgan fingerprint density at radius 2 is 1.85 bits per heavy atom. The Kier molecular flexibility index (Phi) is 5.44. The van der Waals surface area contributed by atoms with Crippen molar-refractivity contribution in [2.24, 2.45) is 0 Å². The van der Waals surface area contributed by atoms with Gasteiger partial charge in [0, 0.05) is 17.8 Å². The summed E-state index contributed by atoms with van der Waals surface area (Å²) in [6.07, 6.45) is -1.13. The number of hydrogen-bond acceptors (Lipinski definition) is 6.